The Bertz CT molecular complexity index is 950. The molecule has 2 aromatic rings. The van der Waals surface area contributed by atoms with Gasteiger partial charge in [0.05, 0.1) is 6.10 Å². The van der Waals surface area contributed by atoms with Crippen molar-refractivity contribution in [3.8, 4) is 5.75 Å². The molecule has 5 heteroatoms. The van der Waals surface area contributed by atoms with E-state index >= 15 is 0 Å². The number of hydrogen-bond acceptors (Lipinski definition) is 4. The summed E-state index contributed by atoms with van der Waals surface area (Å²) < 4.78 is 11.3. The van der Waals surface area contributed by atoms with Gasteiger partial charge in [-0.05, 0) is 91.3 Å². The van der Waals surface area contributed by atoms with Crippen LogP contribution in [-0.2, 0) is 11.3 Å². The van der Waals surface area contributed by atoms with Gasteiger partial charge < -0.3 is 14.6 Å². The summed E-state index contributed by atoms with van der Waals surface area (Å²) in [5, 5.41) is 11.3. The topological polar surface area (TPSA) is 59.0 Å². The third-order valence-corrected chi connectivity index (χ3v) is 8.29. The minimum absolute atomic E-state index is 0.161. The lowest BCUT2D eigenvalue weighted by molar-refractivity contribution is 0.0185. The van der Waals surface area contributed by atoms with Crippen LogP contribution in [0.2, 0.25) is 0 Å². The maximum absolute atomic E-state index is 10.7. The first-order valence-corrected chi connectivity index (χ1v) is 12.9. The molecule has 5 nitrogen and oxygen atoms in total. The molecule has 33 heavy (non-hydrogen) atoms. The van der Waals surface area contributed by atoms with Crippen molar-refractivity contribution in [2.75, 3.05) is 13.1 Å². The van der Waals surface area contributed by atoms with E-state index < -0.39 is 6.16 Å². The van der Waals surface area contributed by atoms with Crippen molar-refractivity contribution in [2.45, 2.75) is 89.4 Å². The van der Waals surface area contributed by atoms with Gasteiger partial charge in [-0.1, -0.05) is 37.5 Å². The van der Waals surface area contributed by atoms with E-state index in [-0.39, 0.29) is 6.10 Å². The van der Waals surface area contributed by atoms with Crippen LogP contribution >= 0.6 is 0 Å². The van der Waals surface area contributed by atoms with Crippen molar-refractivity contribution < 1.29 is 19.4 Å². The molecule has 2 saturated carbocycles. The maximum Gasteiger partial charge on any atom is 0.506 e. The van der Waals surface area contributed by atoms with E-state index in [1.54, 1.807) is 0 Å². The minimum Gasteiger partial charge on any atom is -0.490 e. The normalized spacial score (nSPS) is 22.4. The van der Waals surface area contributed by atoms with Crippen LogP contribution in [0.15, 0.2) is 36.4 Å². The molecular weight excluding hydrogens is 414 g/mol. The van der Waals surface area contributed by atoms with Crippen molar-refractivity contribution >= 4 is 16.9 Å². The molecule has 0 radical (unpaired) electrons. The van der Waals surface area contributed by atoms with E-state index in [0.717, 1.165) is 38.2 Å². The van der Waals surface area contributed by atoms with Crippen LogP contribution in [-0.4, -0.2) is 41.5 Å². The Labute approximate surface area is 197 Å². The number of nitrogens with zero attached hydrogens (tertiary/aromatic N) is 1. The van der Waals surface area contributed by atoms with Crippen LogP contribution in [0.3, 0.4) is 0 Å². The Morgan fingerprint density at radius 2 is 1.58 bits per heavy atom. The monoisotopic (exact) mass is 451 g/mol. The molecule has 0 bridgehead atoms. The molecule has 1 aliphatic heterocycles. The number of carbonyl (C=O) groups is 1. The molecule has 1 saturated heterocycles. The summed E-state index contributed by atoms with van der Waals surface area (Å²) in [4.78, 5) is 13.1. The van der Waals surface area contributed by atoms with Gasteiger partial charge in [-0.2, -0.15) is 0 Å². The highest BCUT2D eigenvalue weighted by molar-refractivity contribution is 5.84. The van der Waals surface area contributed by atoms with Crippen LogP contribution in [0.25, 0.3) is 10.8 Å². The van der Waals surface area contributed by atoms with Crippen LogP contribution in [0.5, 0.6) is 5.75 Å². The highest BCUT2D eigenvalue weighted by Crippen LogP contribution is 2.48. The summed E-state index contributed by atoms with van der Waals surface area (Å²) in [7, 11) is 0. The highest BCUT2D eigenvalue weighted by atomic mass is 16.7. The molecule has 1 heterocycles. The van der Waals surface area contributed by atoms with Crippen molar-refractivity contribution in [3.63, 3.8) is 0 Å². The van der Waals surface area contributed by atoms with Gasteiger partial charge >= 0.3 is 6.16 Å². The Hall–Kier alpha value is -2.27. The lowest BCUT2D eigenvalue weighted by Crippen LogP contribution is -2.37. The Kier molecular flexibility index (Phi) is 6.77. The number of ether oxygens (including phenoxy) is 2. The minimum atomic E-state index is -1.16. The van der Waals surface area contributed by atoms with Crippen molar-refractivity contribution in [1.29, 1.82) is 0 Å². The fourth-order valence-corrected chi connectivity index (χ4v) is 6.35. The first kappa shape index (κ1) is 22.5. The van der Waals surface area contributed by atoms with Gasteiger partial charge in [0.1, 0.15) is 11.9 Å². The van der Waals surface area contributed by atoms with Crippen molar-refractivity contribution in [1.82, 2.24) is 4.90 Å². The second-order valence-corrected chi connectivity index (χ2v) is 10.6. The average molecular weight is 452 g/mol. The number of carboxylic acid groups (broad SMARTS) is 1. The number of piperidine rings is 1. The predicted molar refractivity (Wildman–Crippen MR) is 130 cm³/mol. The standard InChI is InChI=1S/C28H37NO4/c30-27(31)33-25-10-16-29(17-11-25)20-21-4-5-23-19-26(7-6-22(23)18-21)32-24-8-14-28(15-9-24)12-2-1-3-13-28/h4-7,18-19,24-25H,1-3,8-17,20H2,(H,30,31). The first-order valence-electron chi connectivity index (χ1n) is 12.9. The molecule has 0 aromatic heterocycles. The van der Waals surface area contributed by atoms with Crippen LogP contribution in [0, 0.1) is 5.41 Å². The zero-order chi connectivity index (χ0) is 22.7. The van der Waals surface area contributed by atoms with Crippen LogP contribution in [0.4, 0.5) is 4.79 Å². The zero-order valence-corrected chi connectivity index (χ0v) is 19.6. The summed E-state index contributed by atoms with van der Waals surface area (Å²) >= 11 is 0. The lowest BCUT2D eigenvalue weighted by atomic mass is 9.65. The van der Waals surface area contributed by atoms with E-state index in [1.165, 1.54) is 74.1 Å². The molecule has 0 unspecified atom stereocenters. The van der Waals surface area contributed by atoms with E-state index in [2.05, 4.69) is 41.3 Å². The number of fused-ring (bicyclic) bond motifs is 1. The molecule has 1 spiro atoms. The van der Waals surface area contributed by atoms with Gasteiger partial charge in [0, 0.05) is 19.6 Å². The van der Waals surface area contributed by atoms with Gasteiger partial charge in [0.15, 0.2) is 0 Å². The van der Waals surface area contributed by atoms with E-state index in [4.69, 9.17) is 14.6 Å². The average Bonchev–Trinajstić information content (AvgIpc) is 2.82. The lowest BCUT2D eigenvalue weighted by Gasteiger charge is -2.42. The number of rotatable bonds is 5. The highest BCUT2D eigenvalue weighted by Gasteiger charge is 2.36. The molecule has 0 atom stereocenters. The smallest absolute Gasteiger partial charge is 0.490 e. The molecule has 0 amide bonds. The van der Waals surface area contributed by atoms with Gasteiger partial charge in [-0.25, -0.2) is 4.79 Å². The molecule has 5 rings (SSSR count). The zero-order valence-electron chi connectivity index (χ0n) is 19.6. The van der Waals surface area contributed by atoms with Crippen LogP contribution < -0.4 is 4.74 Å². The third-order valence-electron chi connectivity index (χ3n) is 8.29. The maximum atomic E-state index is 10.7. The van der Waals surface area contributed by atoms with Crippen molar-refractivity contribution in [3.05, 3.63) is 42.0 Å². The summed E-state index contributed by atoms with van der Waals surface area (Å²) in [6.07, 6.45) is 12.8. The Balaban J connectivity index is 1.15. The predicted octanol–water partition coefficient (Wildman–Crippen LogP) is 6.77. The molecule has 2 aromatic carbocycles. The summed E-state index contributed by atoms with van der Waals surface area (Å²) in [6, 6.07) is 13.2. The van der Waals surface area contributed by atoms with E-state index in [0.29, 0.717) is 11.5 Å². The Morgan fingerprint density at radius 3 is 2.30 bits per heavy atom. The molecule has 178 valence electrons. The third kappa shape index (κ3) is 5.63. The molecule has 3 fully saturated rings. The van der Waals surface area contributed by atoms with Crippen molar-refractivity contribution in [2.24, 2.45) is 5.41 Å². The molecular formula is C28H37NO4. The first-order chi connectivity index (χ1) is 16.1. The summed E-state index contributed by atoms with van der Waals surface area (Å²) in [5.41, 5.74) is 1.93. The fourth-order valence-electron chi connectivity index (χ4n) is 6.35. The van der Waals surface area contributed by atoms with Gasteiger partial charge in [0.25, 0.3) is 0 Å². The van der Waals surface area contributed by atoms with Crippen LogP contribution in [0.1, 0.15) is 76.2 Å². The summed E-state index contributed by atoms with van der Waals surface area (Å²) in [6.45, 7) is 2.62. The fraction of sp³-hybridized carbons (Fsp3) is 0.607. The number of benzene rings is 2. The Morgan fingerprint density at radius 1 is 0.879 bits per heavy atom. The SMILES string of the molecule is O=C(O)OC1CCN(Cc2ccc3cc(OC4CCC5(CCCCC5)CC4)ccc3c2)CC1. The van der Waals surface area contributed by atoms with Gasteiger partial charge in [-0.3, -0.25) is 4.90 Å². The second-order valence-electron chi connectivity index (χ2n) is 10.6. The van der Waals surface area contributed by atoms with E-state index in [1.807, 2.05) is 0 Å². The number of hydrogen-bond donors (Lipinski definition) is 1. The molecule has 3 aliphatic rings. The number of likely N-dealkylation sites (tertiary alicyclic amines) is 1. The van der Waals surface area contributed by atoms with E-state index in [9.17, 15) is 4.79 Å². The van der Waals surface area contributed by atoms with Gasteiger partial charge in [0.2, 0.25) is 0 Å². The molecule has 2 aliphatic carbocycles. The molecule has 1 N–H and O–H groups in total. The second kappa shape index (κ2) is 9.92. The van der Waals surface area contributed by atoms with Gasteiger partial charge in [-0.15, -0.1) is 0 Å². The largest absolute Gasteiger partial charge is 0.506 e. The summed E-state index contributed by atoms with van der Waals surface area (Å²) in [5.74, 6) is 1.00. The quantitative estimate of drug-likeness (QED) is 0.508.